The van der Waals surface area contributed by atoms with Gasteiger partial charge in [0.15, 0.2) is 5.75 Å². The van der Waals surface area contributed by atoms with E-state index >= 15 is 0 Å². The number of nitro benzene ring substituents is 1. The van der Waals surface area contributed by atoms with Crippen LogP contribution < -0.4 is 10.1 Å². The van der Waals surface area contributed by atoms with Crippen LogP contribution in [-0.2, 0) is 19.1 Å². The zero-order valence-corrected chi connectivity index (χ0v) is 26.0. The van der Waals surface area contributed by atoms with E-state index in [1.54, 1.807) is 30.8 Å². The van der Waals surface area contributed by atoms with Crippen LogP contribution in [0.25, 0.3) is 16.9 Å². The van der Waals surface area contributed by atoms with Crippen LogP contribution in [-0.4, -0.2) is 47.0 Å². The first-order valence-corrected chi connectivity index (χ1v) is 14.4. The van der Waals surface area contributed by atoms with Crippen LogP contribution in [0.1, 0.15) is 53.0 Å². The fourth-order valence-electron chi connectivity index (χ4n) is 5.00. The predicted molar refractivity (Wildman–Crippen MR) is 165 cm³/mol. The van der Waals surface area contributed by atoms with Crippen molar-refractivity contribution in [2.75, 3.05) is 20.3 Å². The molecule has 3 aromatic rings. The molecule has 2 heterocycles. The van der Waals surface area contributed by atoms with Crippen molar-refractivity contribution in [3.63, 3.8) is 0 Å². The van der Waals surface area contributed by atoms with E-state index in [4.69, 9.17) is 19.3 Å². The van der Waals surface area contributed by atoms with Gasteiger partial charge in [0.2, 0.25) is 0 Å². The minimum atomic E-state index is -0.954. The van der Waals surface area contributed by atoms with Crippen LogP contribution >= 0.6 is 0 Å². The third-order valence-electron chi connectivity index (χ3n) is 7.02. The van der Waals surface area contributed by atoms with Gasteiger partial charge in [-0.1, -0.05) is 45.9 Å². The Morgan fingerprint density at radius 3 is 2.02 bits per heavy atom. The van der Waals surface area contributed by atoms with Crippen molar-refractivity contribution in [1.29, 1.82) is 0 Å². The zero-order chi connectivity index (χ0) is 32.1. The lowest BCUT2D eigenvalue weighted by molar-refractivity contribution is -0.385. The Morgan fingerprint density at radius 2 is 1.52 bits per heavy atom. The van der Waals surface area contributed by atoms with Gasteiger partial charge in [0.05, 0.1) is 53.7 Å². The van der Waals surface area contributed by atoms with E-state index in [9.17, 15) is 19.7 Å². The second-order valence-corrected chi connectivity index (χ2v) is 11.5. The average molecular weight is 603 g/mol. The lowest BCUT2D eigenvalue weighted by Crippen LogP contribution is -2.33. The fourth-order valence-corrected chi connectivity index (χ4v) is 5.00. The molecule has 1 N–H and O–H groups in total. The lowest BCUT2D eigenvalue weighted by atomic mass is 9.79. The van der Waals surface area contributed by atoms with Gasteiger partial charge in [0.1, 0.15) is 0 Å². The Morgan fingerprint density at radius 1 is 0.955 bits per heavy atom. The number of carbonyl (C=O) groups is 2. The molecule has 4 rings (SSSR count). The summed E-state index contributed by atoms with van der Waals surface area (Å²) in [6, 6.07) is 13.8. The first-order valence-electron chi connectivity index (χ1n) is 14.4. The first-order chi connectivity index (χ1) is 20.9. The normalized spacial score (nSPS) is 13.8. The predicted octanol–water partition coefficient (Wildman–Crippen LogP) is 6.09. The van der Waals surface area contributed by atoms with Gasteiger partial charge >= 0.3 is 17.6 Å². The molecular formula is C33H38N4O7. The number of methoxy groups -OCH3 is 1. The summed E-state index contributed by atoms with van der Waals surface area (Å²) in [5, 5.41) is 20.0. The molecule has 11 heteroatoms. The van der Waals surface area contributed by atoms with E-state index in [0.717, 1.165) is 0 Å². The molecule has 11 nitrogen and oxygen atoms in total. The van der Waals surface area contributed by atoms with Crippen molar-refractivity contribution in [3.8, 4) is 22.7 Å². The number of benzene rings is 2. The van der Waals surface area contributed by atoms with E-state index in [2.05, 4.69) is 5.32 Å². The Hall–Kier alpha value is -4.93. The number of carbonyl (C=O) groups excluding carboxylic acids is 2. The Bertz CT molecular complexity index is 1570. The number of para-hydroxylation sites is 1. The van der Waals surface area contributed by atoms with Crippen molar-refractivity contribution >= 4 is 17.6 Å². The largest absolute Gasteiger partial charge is 0.490 e. The monoisotopic (exact) mass is 602 g/mol. The van der Waals surface area contributed by atoms with Crippen molar-refractivity contribution in [2.24, 2.45) is 11.8 Å². The van der Waals surface area contributed by atoms with Crippen molar-refractivity contribution in [3.05, 3.63) is 92.9 Å². The molecule has 0 spiro atoms. The smallest absolute Gasteiger partial charge is 0.336 e. The molecule has 0 aliphatic carbocycles. The number of hydrogen-bond acceptors (Lipinski definition) is 9. The van der Waals surface area contributed by atoms with Gasteiger partial charge in [-0.3, -0.25) is 10.1 Å². The summed E-state index contributed by atoms with van der Waals surface area (Å²) in [6.45, 7) is 11.6. The number of aromatic nitrogens is 2. The summed E-state index contributed by atoms with van der Waals surface area (Å²) in [6.07, 6.45) is 1.74. The SMILES string of the molecule is COc1ccc(-c2nn(-c3ccccc3)cc2C2C(C(=O)OCC(C)C)=C(C)NC(C)=C2C(=O)OCC(C)C)cc1[N+](=O)[O-]. The van der Waals surface area contributed by atoms with Gasteiger partial charge in [-0.15, -0.1) is 0 Å². The van der Waals surface area contributed by atoms with Gasteiger partial charge in [-0.2, -0.15) is 5.10 Å². The van der Waals surface area contributed by atoms with Gasteiger partial charge in [-0.05, 0) is 49.9 Å². The highest BCUT2D eigenvalue weighted by Crippen LogP contribution is 2.44. The molecule has 0 atom stereocenters. The highest BCUT2D eigenvalue weighted by atomic mass is 16.6. The molecule has 0 saturated carbocycles. The van der Waals surface area contributed by atoms with E-state index in [1.165, 1.54) is 19.2 Å². The van der Waals surface area contributed by atoms with Gasteiger partial charge in [0, 0.05) is 34.8 Å². The van der Waals surface area contributed by atoms with Gasteiger partial charge in [-0.25, -0.2) is 14.3 Å². The summed E-state index contributed by atoms with van der Waals surface area (Å²) in [7, 11) is 1.36. The quantitative estimate of drug-likeness (QED) is 0.157. The highest BCUT2D eigenvalue weighted by Gasteiger charge is 2.41. The Labute approximate surface area is 256 Å². The number of esters is 2. The Balaban J connectivity index is 2.01. The topological polar surface area (TPSA) is 135 Å². The number of dihydropyridines is 1. The maximum absolute atomic E-state index is 13.8. The third-order valence-corrected chi connectivity index (χ3v) is 7.02. The molecule has 0 fully saturated rings. The molecule has 0 unspecified atom stereocenters. The van der Waals surface area contributed by atoms with Crippen LogP contribution in [0.2, 0.25) is 0 Å². The number of allylic oxidation sites excluding steroid dienone is 2. The number of rotatable bonds is 11. The van der Waals surface area contributed by atoms with E-state index in [-0.39, 0.29) is 47.6 Å². The van der Waals surface area contributed by atoms with Crippen molar-refractivity contribution < 1.29 is 28.7 Å². The molecule has 44 heavy (non-hydrogen) atoms. The van der Waals surface area contributed by atoms with Crippen LogP contribution in [0.15, 0.2) is 77.3 Å². The van der Waals surface area contributed by atoms with Crippen LogP contribution in [0, 0.1) is 22.0 Å². The second-order valence-electron chi connectivity index (χ2n) is 11.5. The van der Waals surface area contributed by atoms with Crippen LogP contribution in [0.5, 0.6) is 5.75 Å². The summed E-state index contributed by atoms with van der Waals surface area (Å²) in [4.78, 5) is 38.9. The van der Waals surface area contributed by atoms with Gasteiger partial charge < -0.3 is 19.5 Å². The highest BCUT2D eigenvalue weighted by molar-refractivity contribution is 6.00. The minimum absolute atomic E-state index is 0.0823. The summed E-state index contributed by atoms with van der Waals surface area (Å²) < 4.78 is 18.2. The molecule has 232 valence electrons. The molecule has 1 aliphatic heterocycles. The first kappa shape index (κ1) is 32.0. The minimum Gasteiger partial charge on any atom is -0.490 e. The zero-order valence-electron chi connectivity index (χ0n) is 26.0. The number of nitrogens with one attached hydrogen (secondary N) is 1. The maximum Gasteiger partial charge on any atom is 0.336 e. The van der Waals surface area contributed by atoms with E-state index in [0.29, 0.717) is 33.9 Å². The number of hydrogen-bond donors (Lipinski definition) is 1. The van der Waals surface area contributed by atoms with E-state index in [1.807, 2.05) is 58.0 Å². The fraction of sp³-hybridized carbons (Fsp3) is 0.364. The molecule has 0 radical (unpaired) electrons. The maximum atomic E-state index is 13.8. The number of nitro groups is 1. The number of ether oxygens (including phenoxy) is 3. The molecule has 2 aromatic carbocycles. The molecule has 0 bridgehead atoms. The second kappa shape index (κ2) is 13.6. The standard InChI is InChI=1S/C33H38N4O7/c1-19(2)17-43-32(38)28-21(5)34-22(6)29(33(39)44-18-20(3)4)30(28)25-16-36(24-11-9-8-10-12-24)35-31(25)23-13-14-27(42-7)26(15-23)37(40)41/h8-16,19-20,30,34H,17-18H2,1-7H3. The van der Waals surface area contributed by atoms with Crippen molar-refractivity contribution in [2.45, 2.75) is 47.5 Å². The average Bonchev–Trinajstić information content (AvgIpc) is 3.43. The molecule has 1 aliphatic rings. The molecule has 0 saturated heterocycles. The molecular weight excluding hydrogens is 564 g/mol. The number of nitrogens with zero attached hydrogens (tertiary/aromatic N) is 3. The van der Waals surface area contributed by atoms with Crippen molar-refractivity contribution in [1.82, 2.24) is 15.1 Å². The van der Waals surface area contributed by atoms with Gasteiger partial charge in [0.25, 0.3) is 0 Å². The van der Waals surface area contributed by atoms with Crippen LogP contribution in [0.4, 0.5) is 5.69 Å². The van der Waals surface area contributed by atoms with Crippen LogP contribution in [0.3, 0.4) is 0 Å². The Kier molecular flexibility index (Phi) is 9.87. The third kappa shape index (κ3) is 6.82. The summed E-state index contributed by atoms with van der Waals surface area (Å²) >= 11 is 0. The molecule has 0 amide bonds. The molecule has 1 aromatic heterocycles. The summed E-state index contributed by atoms with van der Waals surface area (Å²) in [5.41, 5.74) is 3.17. The lowest BCUT2D eigenvalue weighted by Gasteiger charge is -2.30. The summed E-state index contributed by atoms with van der Waals surface area (Å²) in [5.74, 6) is -1.88. The van der Waals surface area contributed by atoms with E-state index < -0.39 is 22.8 Å².